The number of hydrogen-bond acceptors (Lipinski definition) is 3. The van der Waals surface area contributed by atoms with Gasteiger partial charge in [0, 0.05) is 16.6 Å². The van der Waals surface area contributed by atoms with Crippen LogP contribution in [0.1, 0.15) is 10.4 Å². The predicted octanol–water partition coefficient (Wildman–Crippen LogP) is 5.36. The Kier molecular flexibility index (Phi) is 4.15. The average Bonchev–Trinajstić information content (AvgIpc) is 3.12. The van der Waals surface area contributed by atoms with Gasteiger partial charge >= 0.3 is 0 Å². The minimum Gasteiger partial charge on any atom is -0.496 e. The van der Waals surface area contributed by atoms with Gasteiger partial charge in [0.05, 0.1) is 12.7 Å². The fourth-order valence-electron chi connectivity index (χ4n) is 2.87. The van der Waals surface area contributed by atoms with Crippen molar-refractivity contribution in [2.24, 2.45) is 0 Å². The fourth-order valence-corrected chi connectivity index (χ4v) is 2.87. The van der Waals surface area contributed by atoms with E-state index in [-0.39, 0.29) is 5.91 Å². The van der Waals surface area contributed by atoms with Crippen LogP contribution in [0.5, 0.6) is 5.75 Å². The Bertz CT molecular complexity index is 1030. The highest BCUT2D eigenvalue weighted by Gasteiger charge is 2.12. The van der Waals surface area contributed by atoms with Gasteiger partial charge in [-0.05, 0) is 48.5 Å². The van der Waals surface area contributed by atoms with Gasteiger partial charge in [-0.2, -0.15) is 0 Å². The van der Waals surface area contributed by atoms with Crippen LogP contribution >= 0.6 is 0 Å². The lowest BCUT2D eigenvalue weighted by Gasteiger charge is -2.09. The van der Waals surface area contributed by atoms with Crippen molar-refractivity contribution in [2.45, 2.75) is 0 Å². The van der Waals surface area contributed by atoms with Gasteiger partial charge in [0.1, 0.15) is 17.1 Å². The highest BCUT2D eigenvalue weighted by molar-refractivity contribution is 6.06. The molecule has 1 N–H and O–H groups in total. The van der Waals surface area contributed by atoms with Crippen LogP contribution in [0.3, 0.4) is 0 Å². The molecule has 0 saturated heterocycles. The smallest absolute Gasteiger partial charge is 0.259 e. The van der Waals surface area contributed by atoms with Gasteiger partial charge in [0.25, 0.3) is 5.91 Å². The van der Waals surface area contributed by atoms with Crippen molar-refractivity contribution in [3.05, 3.63) is 84.4 Å². The number of rotatable bonds is 4. The van der Waals surface area contributed by atoms with Crippen LogP contribution in [0.4, 0.5) is 5.69 Å². The zero-order valence-electron chi connectivity index (χ0n) is 14.2. The summed E-state index contributed by atoms with van der Waals surface area (Å²) in [6, 6.07) is 24.6. The first-order chi connectivity index (χ1) is 12.7. The van der Waals surface area contributed by atoms with E-state index < -0.39 is 0 Å². The summed E-state index contributed by atoms with van der Waals surface area (Å²) < 4.78 is 11.1. The molecule has 1 aromatic heterocycles. The maximum atomic E-state index is 12.5. The molecule has 0 unspecified atom stereocenters. The SMILES string of the molecule is COc1ccccc1C(=O)Nc1ccc(-c2cc3ccccc3o2)cc1. The number of carbonyl (C=O) groups excluding carboxylic acids is 1. The van der Waals surface area contributed by atoms with E-state index >= 15 is 0 Å². The van der Waals surface area contributed by atoms with Crippen LogP contribution in [0.2, 0.25) is 0 Å². The Morgan fingerprint density at radius 2 is 1.65 bits per heavy atom. The van der Waals surface area contributed by atoms with Crippen LogP contribution < -0.4 is 10.1 Å². The Morgan fingerprint density at radius 1 is 0.923 bits per heavy atom. The summed E-state index contributed by atoms with van der Waals surface area (Å²) in [5.74, 6) is 1.14. The van der Waals surface area contributed by atoms with Gasteiger partial charge in [0.2, 0.25) is 0 Å². The van der Waals surface area contributed by atoms with E-state index in [1.165, 1.54) is 0 Å². The standard InChI is InChI=1S/C22H17NO3/c1-25-20-9-5-3-7-18(20)22(24)23-17-12-10-15(11-13-17)21-14-16-6-2-4-8-19(16)26-21/h2-14H,1H3,(H,23,24). The third-order valence-electron chi connectivity index (χ3n) is 4.20. The third kappa shape index (κ3) is 3.05. The zero-order chi connectivity index (χ0) is 17.9. The molecule has 0 aliphatic rings. The van der Waals surface area contributed by atoms with E-state index in [9.17, 15) is 4.79 Å². The van der Waals surface area contributed by atoms with Crippen LogP contribution in [0.25, 0.3) is 22.3 Å². The summed E-state index contributed by atoms with van der Waals surface area (Å²) in [7, 11) is 1.55. The summed E-state index contributed by atoms with van der Waals surface area (Å²) in [6.45, 7) is 0. The van der Waals surface area contributed by atoms with E-state index in [0.717, 1.165) is 22.3 Å². The molecule has 0 radical (unpaired) electrons. The number of nitrogens with one attached hydrogen (secondary N) is 1. The van der Waals surface area contributed by atoms with Crippen LogP contribution in [0, 0.1) is 0 Å². The van der Waals surface area contributed by atoms with Crippen molar-refractivity contribution >= 4 is 22.6 Å². The lowest BCUT2D eigenvalue weighted by Crippen LogP contribution is -2.12. The summed E-state index contributed by atoms with van der Waals surface area (Å²) in [4.78, 5) is 12.5. The number of furan rings is 1. The van der Waals surface area contributed by atoms with Crippen molar-refractivity contribution in [3.8, 4) is 17.1 Å². The Morgan fingerprint density at radius 3 is 2.42 bits per heavy atom. The van der Waals surface area contributed by atoms with Crippen molar-refractivity contribution in [2.75, 3.05) is 12.4 Å². The van der Waals surface area contributed by atoms with Gasteiger partial charge in [-0.25, -0.2) is 0 Å². The molecule has 0 aliphatic carbocycles. The number of fused-ring (bicyclic) bond motifs is 1. The van der Waals surface area contributed by atoms with Gasteiger partial charge in [-0.3, -0.25) is 4.79 Å². The first-order valence-corrected chi connectivity index (χ1v) is 8.28. The highest BCUT2D eigenvalue weighted by Crippen LogP contribution is 2.28. The average molecular weight is 343 g/mol. The number of carbonyl (C=O) groups is 1. The number of anilines is 1. The molecule has 4 heteroatoms. The van der Waals surface area contributed by atoms with E-state index in [1.54, 1.807) is 19.2 Å². The van der Waals surface area contributed by atoms with E-state index in [0.29, 0.717) is 17.0 Å². The Balaban J connectivity index is 1.55. The molecular formula is C22H17NO3. The lowest BCUT2D eigenvalue weighted by molar-refractivity contribution is 0.102. The van der Waals surface area contributed by atoms with Crippen molar-refractivity contribution < 1.29 is 13.9 Å². The summed E-state index contributed by atoms with van der Waals surface area (Å²) in [5.41, 5.74) is 3.02. The third-order valence-corrected chi connectivity index (χ3v) is 4.20. The molecule has 0 saturated carbocycles. The molecule has 0 spiro atoms. The van der Waals surface area contributed by atoms with Gasteiger partial charge in [-0.1, -0.05) is 30.3 Å². The molecule has 26 heavy (non-hydrogen) atoms. The van der Waals surface area contributed by atoms with Crippen molar-refractivity contribution in [1.29, 1.82) is 0 Å². The molecular weight excluding hydrogens is 326 g/mol. The number of para-hydroxylation sites is 2. The van der Waals surface area contributed by atoms with Crippen LogP contribution in [-0.2, 0) is 0 Å². The van der Waals surface area contributed by atoms with Crippen LogP contribution in [-0.4, -0.2) is 13.0 Å². The second-order valence-electron chi connectivity index (χ2n) is 5.88. The molecule has 4 rings (SSSR count). The number of ether oxygens (including phenoxy) is 1. The second-order valence-corrected chi connectivity index (χ2v) is 5.88. The molecule has 4 aromatic rings. The maximum Gasteiger partial charge on any atom is 0.259 e. The first kappa shape index (κ1) is 16.0. The molecule has 128 valence electrons. The number of methoxy groups -OCH3 is 1. The summed E-state index contributed by atoms with van der Waals surface area (Å²) in [6.07, 6.45) is 0. The topological polar surface area (TPSA) is 51.5 Å². The molecule has 1 amide bonds. The van der Waals surface area contributed by atoms with Crippen molar-refractivity contribution in [3.63, 3.8) is 0 Å². The van der Waals surface area contributed by atoms with E-state index in [4.69, 9.17) is 9.15 Å². The van der Waals surface area contributed by atoms with Crippen molar-refractivity contribution in [1.82, 2.24) is 0 Å². The molecule has 0 aliphatic heterocycles. The second kappa shape index (κ2) is 6.76. The number of amides is 1. The quantitative estimate of drug-likeness (QED) is 0.542. The van der Waals surface area contributed by atoms with E-state index in [2.05, 4.69) is 5.32 Å². The van der Waals surface area contributed by atoms with Gasteiger partial charge < -0.3 is 14.5 Å². The Labute approximate surface area is 151 Å². The molecule has 1 heterocycles. The molecule has 0 bridgehead atoms. The van der Waals surface area contributed by atoms with Crippen LogP contribution in [0.15, 0.2) is 83.3 Å². The van der Waals surface area contributed by atoms with Gasteiger partial charge in [-0.15, -0.1) is 0 Å². The Hall–Kier alpha value is -3.53. The molecule has 0 fully saturated rings. The monoisotopic (exact) mass is 343 g/mol. The first-order valence-electron chi connectivity index (χ1n) is 8.28. The fraction of sp³-hybridized carbons (Fsp3) is 0.0455. The largest absolute Gasteiger partial charge is 0.496 e. The number of hydrogen-bond donors (Lipinski definition) is 1. The lowest BCUT2D eigenvalue weighted by atomic mass is 10.1. The maximum absolute atomic E-state index is 12.5. The highest BCUT2D eigenvalue weighted by atomic mass is 16.5. The van der Waals surface area contributed by atoms with Gasteiger partial charge in [0.15, 0.2) is 0 Å². The predicted molar refractivity (Wildman–Crippen MR) is 103 cm³/mol. The zero-order valence-corrected chi connectivity index (χ0v) is 14.2. The number of benzene rings is 3. The molecule has 3 aromatic carbocycles. The normalized spacial score (nSPS) is 10.7. The van der Waals surface area contributed by atoms with E-state index in [1.807, 2.05) is 66.7 Å². The summed E-state index contributed by atoms with van der Waals surface area (Å²) in [5, 5.41) is 3.95. The minimum absolute atomic E-state index is 0.209. The molecule has 4 nitrogen and oxygen atoms in total. The summed E-state index contributed by atoms with van der Waals surface area (Å²) >= 11 is 0. The molecule has 0 atom stereocenters. The minimum atomic E-state index is -0.209.